The van der Waals surface area contributed by atoms with Crippen LogP contribution in [-0.4, -0.2) is 19.9 Å². The first kappa shape index (κ1) is 14.7. The summed E-state index contributed by atoms with van der Waals surface area (Å²) in [4.78, 5) is 4.27. The van der Waals surface area contributed by atoms with Crippen LogP contribution in [0.2, 0.25) is 5.15 Å². The van der Waals surface area contributed by atoms with E-state index in [-0.39, 0.29) is 11.4 Å². The zero-order valence-corrected chi connectivity index (χ0v) is 12.1. The van der Waals surface area contributed by atoms with Crippen LogP contribution >= 0.6 is 11.6 Å². The largest absolute Gasteiger partial charge is 0.240 e. The van der Waals surface area contributed by atoms with Gasteiger partial charge < -0.3 is 0 Å². The van der Waals surface area contributed by atoms with E-state index in [1.165, 1.54) is 6.07 Å². The van der Waals surface area contributed by atoms with Gasteiger partial charge in [0.2, 0.25) is 10.0 Å². The molecule has 0 saturated heterocycles. The molecule has 0 aliphatic carbocycles. The van der Waals surface area contributed by atoms with Crippen molar-refractivity contribution in [3.8, 4) is 6.07 Å². The van der Waals surface area contributed by atoms with Crippen LogP contribution < -0.4 is 4.72 Å². The highest BCUT2D eigenvalue weighted by Crippen LogP contribution is 2.19. The number of nitrogens with one attached hydrogen (secondary N) is 1. The number of benzene rings is 1. The summed E-state index contributed by atoms with van der Waals surface area (Å²) in [6.45, 7) is 0.243. The smallest absolute Gasteiger partial charge is 0.236 e. The maximum Gasteiger partial charge on any atom is 0.240 e. The minimum atomic E-state index is -3.56. The summed E-state index contributed by atoms with van der Waals surface area (Å²) in [5, 5.41) is 9.48. The number of hydrogen-bond donors (Lipinski definition) is 1. The Hall–Kier alpha value is -1.68. The van der Waals surface area contributed by atoms with E-state index in [0.29, 0.717) is 28.9 Å². The average Bonchev–Trinajstić information content (AvgIpc) is 2.43. The van der Waals surface area contributed by atoms with Crippen LogP contribution in [0.15, 0.2) is 35.2 Å². The lowest BCUT2D eigenvalue weighted by atomic mass is 10.2. The molecule has 0 spiro atoms. The van der Waals surface area contributed by atoms with Gasteiger partial charge in [-0.3, -0.25) is 0 Å². The fraction of sp³-hybridized carbons (Fsp3) is 0.231. The Kier molecular flexibility index (Phi) is 4.55. The topological polar surface area (TPSA) is 82.9 Å². The molecule has 0 radical (unpaired) electrons. The van der Waals surface area contributed by atoms with Crippen molar-refractivity contribution in [1.29, 1.82) is 5.26 Å². The molecule has 20 heavy (non-hydrogen) atoms. The summed E-state index contributed by atoms with van der Waals surface area (Å²) in [5.41, 5.74) is 0.640. The van der Waals surface area contributed by atoms with Gasteiger partial charge in [0.1, 0.15) is 5.15 Å². The van der Waals surface area contributed by atoms with E-state index >= 15 is 0 Å². The van der Waals surface area contributed by atoms with Crippen molar-refractivity contribution in [2.24, 2.45) is 0 Å². The van der Waals surface area contributed by atoms with Crippen molar-refractivity contribution in [3.05, 3.63) is 35.5 Å². The fourth-order valence-electron chi connectivity index (χ4n) is 1.70. The second-order valence-electron chi connectivity index (χ2n) is 4.15. The van der Waals surface area contributed by atoms with E-state index in [4.69, 9.17) is 16.9 Å². The summed E-state index contributed by atoms with van der Waals surface area (Å²) in [7, 11) is -3.56. The molecule has 2 aromatic rings. The lowest BCUT2D eigenvalue weighted by Gasteiger charge is -2.07. The first-order valence-corrected chi connectivity index (χ1v) is 7.82. The molecule has 1 aromatic heterocycles. The molecule has 0 unspecified atom stereocenters. The molecular formula is C13H12ClN3O2S. The molecule has 0 aliphatic heterocycles. The zero-order valence-electron chi connectivity index (χ0n) is 10.5. The summed E-state index contributed by atoms with van der Waals surface area (Å²) >= 11 is 5.78. The summed E-state index contributed by atoms with van der Waals surface area (Å²) in [5.74, 6) is 0. The molecule has 1 N–H and O–H groups in total. The third-order valence-corrected chi connectivity index (χ3v) is 4.36. The van der Waals surface area contributed by atoms with Crippen LogP contribution in [0.5, 0.6) is 0 Å². The van der Waals surface area contributed by atoms with Crippen LogP contribution in [0.25, 0.3) is 10.9 Å². The van der Waals surface area contributed by atoms with Gasteiger partial charge in [-0.2, -0.15) is 5.26 Å². The molecule has 104 valence electrons. The van der Waals surface area contributed by atoms with Crippen molar-refractivity contribution >= 4 is 32.5 Å². The molecule has 0 amide bonds. The first-order chi connectivity index (χ1) is 9.53. The monoisotopic (exact) mass is 309 g/mol. The van der Waals surface area contributed by atoms with Gasteiger partial charge >= 0.3 is 0 Å². The SMILES string of the molecule is N#CCCCNS(=O)(=O)c1ccc2nc(Cl)ccc2c1. The van der Waals surface area contributed by atoms with Crippen LogP contribution in [0, 0.1) is 11.3 Å². The van der Waals surface area contributed by atoms with Crippen molar-refractivity contribution in [1.82, 2.24) is 9.71 Å². The number of nitrogens with zero attached hydrogens (tertiary/aromatic N) is 2. The number of nitriles is 1. The van der Waals surface area contributed by atoms with Crippen LogP contribution in [-0.2, 0) is 10.0 Å². The van der Waals surface area contributed by atoms with Gasteiger partial charge in [0.25, 0.3) is 0 Å². The van der Waals surface area contributed by atoms with Gasteiger partial charge in [0.05, 0.1) is 16.5 Å². The standard InChI is InChI=1S/C13H12ClN3O2S/c14-13-6-3-10-9-11(4-5-12(10)17-13)20(18,19)16-8-2-1-7-15/h3-6,9,16H,1-2,8H2. The fourth-order valence-corrected chi connectivity index (χ4v) is 2.97. The number of hydrogen-bond acceptors (Lipinski definition) is 4. The summed E-state index contributed by atoms with van der Waals surface area (Å²) < 4.78 is 26.6. The van der Waals surface area contributed by atoms with Crippen molar-refractivity contribution in [2.45, 2.75) is 17.7 Å². The van der Waals surface area contributed by atoms with E-state index in [1.54, 1.807) is 24.3 Å². The molecule has 0 fully saturated rings. The zero-order chi connectivity index (χ0) is 14.6. The third kappa shape index (κ3) is 3.45. The van der Waals surface area contributed by atoms with E-state index < -0.39 is 10.0 Å². The van der Waals surface area contributed by atoms with E-state index in [0.717, 1.165) is 0 Å². The molecular weight excluding hydrogens is 298 g/mol. The lowest BCUT2D eigenvalue weighted by molar-refractivity contribution is 0.579. The average molecular weight is 310 g/mol. The number of sulfonamides is 1. The third-order valence-electron chi connectivity index (χ3n) is 2.69. The summed E-state index contributed by atoms with van der Waals surface area (Å²) in [6, 6.07) is 9.95. The molecule has 0 saturated carbocycles. The van der Waals surface area contributed by atoms with Gasteiger partial charge in [0, 0.05) is 18.4 Å². The van der Waals surface area contributed by atoms with E-state index in [2.05, 4.69) is 9.71 Å². The number of halogens is 1. The maximum absolute atomic E-state index is 12.1. The van der Waals surface area contributed by atoms with Crippen LogP contribution in [0.4, 0.5) is 0 Å². The summed E-state index contributed by atoms with van der Waals surface area (Å²) in [6.07, 6.45) is 0.809. The van der Waals surface area contributed by atoms with Crippen molar-refractivity contribution < 1.29 is 8.42 Å². The van der Waals surface area contributed by atoms with Gasteiger partial charge in [-0.05, 0) is 36.8 Å². The number of pyridine rings is 1. The number of rotatable bonds is 5. The molecule has 0 aliphatic rings. The first-order valence-electron chi connectivity index (χ1n) is 5.96. The van der Waals surface area contributed by atoms with E-state index in [1.807, 2.05) is 6.07 Å². The number of aromatic nitrogens is 1. The predicted molar refractivity (Wildman–Crippen MR) is 76.8 cm³/mol. The highest BCUT2D eigenvalue weighted by molar-refractivity contribution is 7.89. The van der Waals surface area contributed by atoms with Crippen molar-refractivity contribution in [2.75, 3.05) is 6.54 Å². The Labute approximate surface area is 122 Å². The molecule has 1 aromatic carbocycles. The Morgan fingerprint density at radius 1 is 1.30 bits per heavy atom. The number of fused-ring (bicyclic) bond motifs is 1. The van der Waals surface area contributed by atoms with E-state index in [9.17, 15) is 8.42 Å². The van der Waals surface area contributed by atoms with Gasteiger partial charge in [0.15, 0.2) is 0 Å². The number of unbranched alkanes of at least 4 members (excludes halogenated alkanes) is 1. The van der Waals surface area contributed by atoms with Gasteiger partial charge in [-0.1, -0.05) is 11.6 Å². The molecule has 1 heterocycles. The minimum Gasteiger partial charge on any atom is -0.236 e. The maximum atomic E-state index is 12.1. The predicted octanol–water partition coefficient (Wildman–Crippen LogP) is 2.47. The van der Waals surface area contributed by atoms with Crippen LogP contribution in [0.3, 0.4) is 0 Å². The second kappa shape index (κ2) is 6.18. The Bertz CT molecular complexity index is 769. The Balaban J connectivity index is 2.24. The minimum absolute atomic E-state index is 0.172. The molecule has 2 rings (SSSR count). The second-order valence-corrected chi connectivity index (χ2v) is 6.30. The molecule has 0 atom stereocenters. The normalized spacial score (nSPS) is 11.4. The lowest BCUT2D eigenvalue weighted by Crippen LogP contribution is -2.24. The highest BCUT2D eigenvalue weighted by atomic mass is 35.5. The van der Waals surface area contributed by atoms with Crippen LogP contribution in [0.1, 0.15) is 12.8 Å². The molecule has 7 heteroatoms. The Morgan fingerprint density at radius 3 is 2.85 bits per heavy atom. The quantitative estimate of drug-likeness (QED) is 0.679. The van der Waals surface area contributed by atoms with Gasteiger partial charge in [-0.25, -0.2) is 18.1 Å². The van der Waals surface area contributed by atoms with Crippen molar-refractivity contribution in [3.63, 3.8) is 0 Å². The highest BCUT2D eigenvalue weighted by Gasteiger charge is 2.13. The Morgan fingerprint density at radius 2 is 2.10 bits per heavy atom. The van der Waals surface area contributed by atoms with Gasteiger partial charge in [-0.15, -0.1) is 0 Å². The molecule has 5 nitrogen and oxygen atoms in total. The molecule has 0 bridgehead atoms.